The van der Waals surface area contributed by atoms with Crippen molar-refractivity contribution in [2.45, 2.75) is 32.7 Å². The van der Waals surface area contributed by atoms with Crippen LogP contribution in [0.5, 0.6) is 0 Å². The standard InChI is InChI=1S/C17H19N3O4/c1-9-14(10(2)24-18-9)17(23)19-7-11(8-19)20-15(21)12-5-3-4-6-13(12)16(20)22/h3-4,11-13H,5-8H2,1-2H3/t12-,13-/m0/s1. The number of fused-ring (bicyclic) bond motifs is 1. The first kappa shape index (κ1) is 15.1. The maximum absolute atomic E-state index is 12.5. The zero-order valence-electron chi connectivity index (χ0n) is 13.7. The number of hydrogen-bond acceptors (Lipinski definition) is 5. The van der Waals surface area contributed by atoms with E-state index in [1.807, 2.05) is 12.2 Å². The number of carbonyl (C=O) groups is 3. The Morgan fingerprint density at radius 3 is 2.21 bits per heavy atom. The van der Waals surface area contributed by atoms with Crippen LogP contribution in [0.3, 0.4) is 0 Å². The molecule has 0 bridgehead atoms. The van der Waals surface area contributed by atoms with Crippen LogP contribution in [0, 0.1) is 25.7 Å². The second-order valence-electron chi connectivity index (χ2n) is 6.77. The fourth-order valence-corrected chi connectivity index (χ4v) is 3.92. The Balaban J connectivity index is 1.45. The van der Waals surface area contributed by atoms with E-state index in [4.69, 9.17) is 4.52 Å². The molecule has 2 aliphatic heterocycles. The first-order chi connectivity index (χ1) is 11.5. The summed E-state index contributed by atoms with van der Waals surface area (Å²) < 4.78 is 5.04. The molecule has 0 spiro atoms. The Morgan fingerprint density at radius 1 is 1.12 bits per heavy atom. The molecular formula is C17H19N3O4. The van der Waals surface area contributed by atoms with Gasteiger partial charge >= 0.3 is 0 Å². The number of imide groups is 1. The molecule has 0 radical (unpaired) electrons. The predicted octanol–water partition coefficient (Wildman–Crippen LogP) is 1.07. The Bertz CT molecular complexity index is 714. The highest BCUT2D eigenvalue weighted by Crippen LogP contribution is 2.37. The van der Waals surface area contributed by atoms with Gasteiger partial charge in [0.15, 0.2) is 0 Å². The van der Waals surface area contributed by atoms with Gasteiger partial charge in [0.1, 0.15) is 11.3 Å². The fraction of sp³-hybridized carbons (Fsp3) is 0.529. The van der Waals surface area contributed by atoms with Crippen molar-refractivity contribution >= 4 is 17.7 Å². The Morgan fingerprint density at radius 2 is 1.71 bits per heavy atom. The van der Waals surface area contributed by atoms with Gasteiger partial charge in [-0.1, -0.05) is 17.3 Å². The van der Waals surface area contributed by atoms with Crippen molar-refractivity contribution in [1.29, 1.82) is 0 Å². The second kappa shape index (κ2) is 5.29. The van der Waals surface area contributed by atoms with Crippen molar-refractivity contribution < 1.29 is 18.9 Å². The van der Waals surface area contributed by atoms with Crippen LogP contribution in [0.1, 0.15) is 34.7 Å². The van der Waals surface area contributed by atoms with Gasteiger partial charge in [0.05, 0.1) is 23.6 Å². The van der Waals surface area contributed by atoms with Gasteiger partial charge in [0.25, 0.3) is 5.91 Å². The third kappa shape index (κ3) is 2.03. The molecule has 1 aliphatic carbocycles. The molecule has 4 rings (SSSR count). The lowest BCUT2D eigenvalue weighted by Gasteiger charge is -2.43. The van der Waals surface area contributed by atoms with Gasteiger partial charge in [0.2, 0.25) is 11.8 Å². The van der Waals surface area contributed by atoms with Crippen molar-refractivity contribution in [3.05, 3.63) is 29.2 Å². The summed E-state index contributed by atoms with van der Waals surface area (Å²) in [6, 6.07) is -0.208. The molecule has 1 aromatic rings. The van der Waals surface area contributed by atoms with Crippen LogP contribution in [0.2, 0.25) is 0 Å². The zero-order valence-corrected chi connectivity index (χ0v) is 13.7. The lowest BCUT2D eigenvalue weighted by Crippen LogP contribution is -2.62. The monoisotopic (exact) mass is 329 g/mol. The maximum Gasteiger partial charge on any atom is 0.259 e. The zero-order chi connectivity index (χ0) is 17.0. The van der Waals surface area contributed by atoms with Gasteiger partial charge in [0, 0.05) is 13.1 Å². The highest BCUT2D eigenvalue weighted by atomic mass is 16.5. The molecule has 0 saturated carbocycles. The number of carbonyl (C=O) groups excluding carboxylic acids is 3. The van der Waals surface area contributed by atoms with E-state index in [-0.39, 0.29) is 35.6 Å². The number of amides is 3. The number of allylic oxidation sites excluding steroid dienone is 2. The van der Waals surface area contributed by atoms with Crippen LogP contribution in [0.15, 0.2) is 16.7 Å². The van der Waals surface area contributed by atoms with Crippen LogP contribution >= 0.6 is 0 Å². The normalized spacial score (nSPS) is 26.8. The van der Waals surface area contributed by atoms with Gasteiger partial charge in [-0.2, -0.15) is 0 Å². The van der Waals surface area contributed by atoms with E-state index in [0.717, 1.165) is 0 Å². The first-order valence-corrected chi connectivity index (χ1v) is 8.23. The Labute approximate surface area is 139 Å². The summed E-state index contributed by atoms with van der Waals surface area (Å²) >= 11 is 0. The summed E-state index contributed by atoms with van der Waals surface area (Å²) in [6.07, 6.45) is 5.23. The average Bonchev–Trinajstić information content (AvgIpc) is 2.98. The average molecular weight is 329 g/mol. The van der Waals surface area contributed by atoms with E-state index in [9.17, 15) is 14.4 Å². The summed E-state index contributed by atoms with van der Waals surface area (Å²) in [7, 11) is 0. The number of aryl methyl sites for hydroxylation is 2. The number of rotatable bonds is 2. The quantitative estimate of drug-likeness (QED) is 0.598. The van der Waals surface area contributed by atoms with Crippen molar-refractivity contribution in [3.8, 4) is 0 Å². The largest absolute Gasteiger partial charge is 0.361 e. The van der Waals surface area contributed by atoms with Crippen LogP contribution in [0.4, 0.5) is 0 Å². The minimum Gasteiger partial charge on any atom is -0.361 e. The summed E-state index contributed by atoms with van der Waals surface area (Å²) in [5.74, 6) is -0.246. The van der Waals surface area contributed by atoms with Gasteiger partial charge in [-0.25, -0.2) is 0 Å². The second-order valence-corrected chi connectivity index (χ2v) is 6.77. The highest BCUT2D eigenvalue weighted by molar-refractivity contribution is 6.06. The molecule has 7 heteroatoms. The van der Waals surface area contributed by atoms with Crippen molar-refractivity contribution in [1.82, 2.24) is 15.0 Å². The number of likely N-dealkylation sites (tertiary alicyclic amines) is 2. The molecule has 0 unspecified atom stereocenters. The predicted molar refractivity (Wildman–Crippen MR) is 82.9 cm³/mol. The van der Waals surface area contributed by atoms with E-state index >= 15 is 0 Å². The minimum absolute atomic E-state index is 0.0798. The van der Waals surface area contributed by atoms with Crippen LogP contribution < -0.4 is 0 Å². The number of hydrogen-bond donors (Lipinski definition) is 0. The molecule has 3 aliphatic rings. The number of nitrogens with zero attached hydrogens (tertiary/aromatic N) is 3. The molecule has 1 aromatic heterocycles. The van der Waals surface area contributed by atoms with Gasteiger partial charge < -0.3 is 9.42 Å². The van der Waals surface area contributed by atoms with E-state index in [0.29, 0.717) is 42.9 Å². The van der Waals surface area contributed by atoms with Gasteiger partial charge in [-0.15, -0.1) is 0 Å². The topological polar surface area (TPSA) is 83.7 Å². The number of aromatic nitrogens is 1. The van der Waals surface area contributed by atoms with Crippen LogP contribution in [0.25, 0.3) is 0 Å². The SMILES string of the molecule is Cc1noc(C)c1C(=O)N1CC(N2C(=O)[C@H]3CC=CC[C@@H]3C2=O)C1. The lowest BCUT2D eigenvalue weighted by atomic mass is 9.85. The molecule has 3 heterocycles. The molecule has 2 atom stereocenters. The molecule has 2 fully saturated rings. The first-order valence-electron chi connectivity index (χ1n) is 8.23. The Hall–Kier alpha value is -2.44. The summed E-state index contributed by atoms with van der Waals surface area (Å²) in [6.45, 7) is 4.20. The van der Waals surface area contributed by atoms with E-state index in [2.05, 4.69) is 5.16 Å². The lowest BCUT2D eigenvalue weighted by molar-refractivity contribution is -0.145. The smallest absolute Gasteiger partial charge is 0.259 e. The van der Waals surface area contributed by atoms with E-state index < -0.39 is 0 Å². The highest BCUT2D eigenvalue weighted by Gasteiger charge is 2.52. The summed E-state index contributed by atoms with van der Waals surface area (Å²) in [4.78, 5) is 40.7. The van der Waals surface area contributed by atoms with Crippen molar-refractivity contribution in [3.63, 3.8) is 0 Å². The molecule has 0 N–H and O–H groups in total. The minimum atomic E-state index is -0.213. The van der Waals surface area contributed by atoms with Crippen LogP contribution in [-0.2, 0) is 9.59 Å². The molecule has 2 saturated heterocycles. The molecule has 0 aromatic carbocycles. The van der Waals surface area contributed by atoms with E-state index in [1.54, 1.807) is 18.7 Å². The fourth-order valence-electron chi connectivity index (χ4n) is 3.92. The molecular weight excluding hydrogens is 310 g/mol. The molecule has 24 heavy (non-hydrogen) atoms. The van der Waals surface area contributed by atoms with Gasteiger partial charge in [-0.05, 0) is 26.7 Å². The maximum atomic E-state index is 12.5. The molecule has 3 amide bonds. The van der Waals surface area contributed by atoms with Crippen LogP contribution in [-0.4, -0.2) is 51.8 Å². The third-order valence-corrected chi connectivity index (χ3v) is 5.30. The molecule has 7 nitrogen and oxygen atoms in total. The Kier molecular flexibility index (Phi) is 3.33. The van der Waals surface area contributed by atoms with Gasteiger partial charge in [-0.3, -0.25) is 19.3 Å². The third-order valence-electron chi connectivity index (χ3n) is 5.30. The molecule has 126 valence electrons. The summed E-state index contributed by atoms with van der Waals surface area (Å²) in [5.41, 5.74) is 1.04. The van der Waals surface area contributed by atoms with Crippen molar-refractivity contribution in [2.24, 2.45) is 11.8 Å². The van der Waals surface area contributed by atoms with Crippen molar-refractivity contribution in [2.75, 3.05) is 13.1 Å². The summed E-state index contributed by atoms with van der Waals surface area (Å²) in [5, 5.41) is 3.80. The van der Waals surface area contributed by atoms with E-state index in [1.165, 1.54) is 4.90 Å².